The molecule has 110 valence electrons. The van der Waals surface area contributed by atoms with Crippen LogP contribution >= 0.6 is 12.4 Å². The maximum Gasteiger partial charge on any atom is 0.253 e. The molecule has 5 nitrogen and oxygen atoms in total. The van der Waals surface area contributed by atoms with Crippen molar-refractivity contribution in [2.75, 3.05) is 18.4 Å². The minimum absolute atomic E-state index is 0. The second kappa shape index (κ2) is 9.12. The molecule has 0 aliphatic carbocycles. The van der Waals surface area contributed by atoms with Crippen LogP contribution in [0.4, 0.5) is 5.69 Å². The van der Waals surface area contributed by atoms with E-state index >= 15 is 0 Å². The Balaban J connectivity index is 0.00000361. The Morgan fingerprint density at radius 1 is 1.40 bits per heavy atom. The number of carbonyl (C=O) groups is 2. The van der Waals surface area contributed by atoms with Crippen molar-refractivity contribution in [3.63, 3.8) is 0 Å². The molecule has 4 N–H and O–H groups in total. The summed E-state index contributed by atoms with van der Waals surface area (Å²) in [6.07, 6.45) is 1.59. The van der Waals surface area contributed by atoms with Crippen LogP contribution in [0.25, 0.3) is 0 Å². The van der Waals surface area contributed by atoms with Crippen LogP contribution < -0.4 is 16.4 Å². The Morgan fingerprint density at radius 3 is 2.65 bits per heavy atom. The van der Waals surface area contributed by atoms with Gasteiger partial charge in [-0.25, -0.2) is 0 Å². The van der Waals surface area contributed by atoms with Crippen LogP contribution in [0.3, 0.4) is 0 Å². The Hall–Kier alpha value is -1.85. The van der Waals surface area contributed by atoms with Crippen molar-refractivity contribution in [2.24, 2.45) is 11.7 Å². The molecule has 0 aliphatic rings. The lowest BCUT2D eigenvalue weighted by Gasteiger charge is -2.13. The van der Waals surface area contributed by atoms with Crippen molar-refractivity contribution < 1.29 is 9.59 Å². The van der Waals surface area contributed by atoms with Gasteiger partial charge in [0.25, 0.3) is 5.91 Å². The molecule has 0 fully saturated rings. The number of anilines is 1. The number of hydrogen-bond donors (Lipinski definition) is 3. The van der Waals surface area contributed by atoms with Crippen molar-refractivity contribution >= 4 is 29.9 Å². The van der Waals surface area contributed by atoms with Gasteiger partial charge in [-0.2, -0.15) is 0 Å². The van der Waals surface area contributed by atoms with Crippen LogP contribution in [-0.2, 0) is 4.79 Å². The second-order valence-corrected chi connectivity index (χ2v) is 4.17. The first-order valence-corrected chi connectivity index (χ1v) is 6.09. The van der Waals surface area contributed by atoms with Gasteiger partial charge in [0.2, 0.25) is 5.91 Å². The third kappa shape index (κ3) is 5.03. The number of para-hydroxylation sites is 1. The van der Waals surface area contributed by atoms with Crippen LogP contribution in [-0.4, -0.2) is 24.9 Å². The minimum Gasteiger partial charge on any atom is -0.349 e. The molecule has 0 saturated heterocycles. The number of nitrogens with one attached hydrogen (secondary N) is 2. The molecule has 0 spiro atoms. The topological polar surface area (TPSA) is 84.2 Å². The molecule has 20 heavy (non-hydrogen) atoms. The van der Waals surface area contributed by atoms with Gasteiger partial charge < -0.3 is 16.4 Å². The molecular formula is C14H20ClN3O2. The van der Waals surface area contributed by atoms with E-state index in [0.29, 0.717) is 17.8 Å². The average molecular weight is 298 g/mol. The lowest BCUT2D eigenvalue weighted by atomic mass is 10.1. The molecule has 0 aliphatic heterocycles. The van der Waals surface area contributed by atoms with Gasteiger partial charge in [-0.3, -0.25) is 9.59 Å². The Morgan fingerprint density at radius 2 is 2.05 bits per heavy atom. The Kier molecular flexibility index (Phi) is 8.27. The molecular weight excluding hydrogens is 278 g/mol. The monoisotopic (exact) mass is 297 g/mol. The van der Waals surface area contributed by atoms with Crippen molar-refractivity contribution in [3.05, 3.63) is 42.5 Å². The molecule has 0 heterocycles. The quantitative estimate of drug-likeness (QED) is 0.697. The summed E-state index contributed by atoms with van der Waals surface area (Å²) in [5.74, 6) is -0.757. The zero-order valence-electron chi connectivity index (χ0n) is 11.4. The number of nitrogens with two attached hydrogens (primary N) is 1. The van der Waals surface area contributed by atoms with Crippen LogP contribution in [0, 0.1) is 5.92 Å². The summed E-state index contributed by atoms with van der Waals surface area (Å²) in [7, 11) is 0. The van der Waals surface area contributed by atoms with Gasteiger partial charge in [-0.05, 0) is 12.1 Å². The molecule has 2 amide bonds. The van der Waals surface area contributed by atoms with Gasteiger partial charge in [0.05, 0.1) is 11.3 Å². The highest BCUT2D eigenvalue weighted by atomic mass is 35.5. The number of carbonyl (C=O) groups excluding carboxylic acids is 2. The molecule has 1 aromatic carbocycles. The van der Waals surface area contributed by atoms with Crippen LogP contribution in [0.15, 0.2) is 36.9 Å². The zero-order valence-corrected chi connectivity index (χ0v) is 12.2. The van der Waals surface area contributed by atoms with E-state index in [9.17, 15) is 9.59 Å². The smallest absolute Gasteiger partial charge is 0.253 e. The minimum atomic E-state index is -0.302. The van der Waals surface area contributed by atoms with E-state index in [1.54, 1.807) is 37.3 Å². The van der Waals surface area contributed by atoms with Crippen LogP contribution in [0.2, 0.25) is 0 Å². The van der Waals surface area contributed by atoms with Crippen LogP contribution in [0.5, 0.6) is 0 Å². The van der Waals surface area contributed by atoms with Crippen molar-refractivity contribution in [3.8, 4) is 0 Å². The van der Waals surface area contributed by atoms with E-state index < -0.39 is 0 Å². The molecule has 6 heteroatoms. The normalized spacial score (nSPS) is 10.9. The fraction of sp³-hybridized carbons (Fsp3) is 0.286. The van der Waals surface area contributed by atoms with Gasteiger partial charge in [0.1, 0.15) is 0 Å². The number of rotatable bonds is 6. The number of benzene rings is 1. The summed E-state index contributed by atoms with van der Waals surface area (Å²) in [6, 6.07) is 6.84. The van der Waals surface area contributed by atoms with E-state index in [-0.39, 0.29) is 36.7 Å². The lowest BCUT2D eigenvalue weighted by Crippen LogP contribution is -2.29. The van der Waals surface area contributed by atoms with E-state index in [1.165, 1.54) is 0 Å². The molecule has 1 atom stereocenters. The number of amides is 2. The number of halogens is 1. The van der Waals surface area contributed by atoms with Gasteiger partial charge in [-0.1, -0.05) is 25.1 Å². The summed E-state index contributed by atoms with van der Waals surface area (Å²) in [5, 5.41) is 5.39. The summed E-state index contributed by atoms with van der Waals surface area (Å²) in [6.45, 7) is 5.90. The third-order valence-corrected chi connectivity index (χ3v) is 2.64. The first-order valence-electron chi connectivity index (χ1n) is 6.09. The molecule has 0 saturated carbocycles. The fourth-order valence-electron chi connectivity index (χ4n) is 1.41. The van der Waals surface area contributed by atoms with Gasteiger partial charge in [0.15, 0.2) is 0 Å². The molecule has 1 rings (SSSR count). The maximum absolute atomic E-state index is 11.9. The van der Waals surface area contributed by atoms with Gasteiger partial charge in [-0.15, -0.1) is 19.0 Å². The van der Waals surface area contributed by atoms with Gasteiger partial charge >= 0.3 is 0 Å². The first-order chi connectivity index (χ1) is 9.10. The van der Waals surface area contributed by atoms with Crippen LogP contribution in [0.1, 0.15) is 17.3 Å². The maximum atomic E-state index is 11.9. The second-order valence-electron chi connectivity index (χ2n) is 4.17. The summed E-state index contributed by atoms with van der Waals surface area (Å²) < 4.78 is 0. The predicted octanol–water partition coefficient (Wildman–Crippen LogP) is 1.56. The van der Waals surface area contributed by atoms with E-state index in [0.717, 1.165) is 0 Å². The van der Waals surface area contributed by atoms with Crippen molar-refractivity contribution in [1.29, 1.82) is 0 Å². The van der Waals surface area contributed by atoms with E-state index in [4.69, 9.17) is 5.73 Å². The zero-order chi connectivity index (χ0) is 14.3. The third-order valence-electron chi connectivity index (χ3n) is 2.64. The highest BCUT2D eigenvalue weighted by Gasteiger charge is 2.15. The van der Waals surface area contributed by atoms with E-state index in [1.807, 2.05) is 0 Å². The molecule has 0 radical (unpaired) electrons. The highest BCUT2D eigenvalue weighted by molar-refractivity contribution is 6.04. The molecule has 1 aromatic rings. The Bertz CT molecular complexity index is 477. The lowest BCUT2D eigenvalue weighted by molar-refractivity contribution is -0.119. The largest absolute Gasteiger partial charge is 0.349 e. The first kappa shape index (κ1) is 18.1. The van der Waals surface area contributed by atoms with E-state index in [2.05, 4.69) is 17.2 Å². The predicted molar refractivity (Wildman–Crippen MR) is 83.1 cm³/mol. The standard InChI is InChI=1S/C14H19N3O2.ClH/c1-3-8-16-14(19)11-6-4-5-7-12(11)17-13(18)10(2)9-15;/h3-7,10H,1,8-9,15H2,2H3,(H,16,19)(H,17,18);1H. The Labute approximate surface area is 125 Å². The van der Waals surface area contributed by atoms with Gasteiger partial charge in [0, 0.05) is 19.0 Å². The highest BCUT2D eigenvalue weighted by Crippen LogP contribution is 2.15. The summed E-state index contributed by atoms with van der Waals surface area (Å²) >= 11 is 0. The molecule has 0 aromatic heterocycles. The SMILES string of the molecule is C=CCNC(=O)c1ccccc1NC(=O)C(C)CN.Cl. The number of hydrogen-bond acceptors (Lipinski definition) is 3. The van der Waals surface area contributed by atoms with Crippen molar-refractivity contribution in [1.82, 2.24) is 5.32 Å². The average Bonchev–Trinajstić information content (AvgIpc) is 2.44. The molecule has 1 unspecified atom stereocenters. The van der Waals surface area contributed by atoms with Crippen molar-refractivity contribution in [2.45, 2.75) is 6.92 Å². The summed E-state index contributed by atoms with van der Waals surface area (Å²) in [4.78, 5) is 23.7. The summed E-state index contributed by atoms with van der Waals surface area (Å²) in [5.41, 5.74) is 6.34. The molecule has 0 bridgehead atoms. The fourth-order valence-corrected chi connectivity index (χ4v) is 1.41.